The molecule has 0 bridgehead atoms. The van der Waals surface area contributed by atoms with Gasteiger partial charge in [-0.25, -0.2) is 0 Å². The zero-order valence-corrected chi connectivity index (χ0v) is 18.3. The van der Waals surface area contributed by atoms with Crippen molar-refractivity contribution in [3.8, 4) is 11.3 Å². The summed E-state index contributed by atoms with van der Waals surface area (Å²) < 4.78 is 2.28. The van der Waals surface area contributed by atoms with Gasteiger partial charge >= 0.3 is 0 Å². The first kappa shape index (κ1) is 18.6. The van der Waals surface area contributed by atoms with Crippen molar-refractivity contribution in [2.45, 2.75) is 26.9 Å². The maximum absolute atomic E-state index is 4.39. The van der Waals surface area contributed by atoms with Crippen LogP contribution in [0.15, 0.2) is 73.1 Å². The van der Waals surface area contributed by atoms with Crippen molar-refractivity contribution >= 4 is 29.2 Å². The summed E-state index contributed by atoms with van der Waals surface area (Å²) in [6.45, 7) is 9.21. The maximum Gasteiger partial charge on any atom is 0.222 e. The molecule has 0 fully saturated rings. The third-order valence-corrected chi connectivity index (χ3v) is 9.58. The van der Waals surface area contributed by atoms with Crippen molar-refractivity contribution in [1.82, 2.24) is 4.98 Å². The Bertz CT molecular complexity index is 1160. The van der Waals surface area contributed by atoms with E-state index in [1.807, 2.05) is 12.4 Å². The number of nitrogens with zero attached hydrogens (tertiary/aromatic N) is 2. The van der Waals surface area contributed by atoms with Crippen molar-refractivity contribution in [1.29, 1.82) is 0 Å². The standard InChI is InChI=1S/C25H27N2Si/c1-18-13-14-26-17-24(18)25-23-12-11-22(16-20(23)15-19(2)27(25)3)28(4,5)21-9-7-6-8-10-21/h6-17H,1-5H3/q+1. The molecule has 4 aromatic rings. The summed E-state index contributed by atoms with van der Waals surface area (Å²) in [5.41, 5.74) is 4.94. The third-order valence-electron chi connectivity index (χ3n) is 6.05. The van der Waals surface area contributed by atoms with E-state index in [1.165, 1.54) is 43.7 Å². The van der Waals surface area contributed by atoms with Crippen LogP contribution < -0.4 is 14.9 Å². The lowest BCUT2D eigenvalue weighted by Crippen LogP contribution is -2.52. The van der Waals surface area contributed by atoms with Crippen LogP contribution in [0.2, 0.25) is 13.1 Å². The molecule has 0 saturated heterocycles. The van der Waals surface area contributed by atoms with Crippen LogP contribution in [0.5, 0.6) is 0 Å². The summed E-state index contributed by atoms with van der Waals surface area (Å²) in [5, 5.41) is 5.53. The molecule has 0 aliphatic carbocycles. The van der Waals surface area contributed by atoms with Gasteiger partial charge in [0.15, 0.2) is 5.69 Å². The van der Waals surface area contributed by atoms with E-state index in [9.17, 15) is 0 Å². The van der Waals surface area contributed by atoms with Gasteiger partial charge in [0.05, 0.1) is 10.9 Å². The molecular formula is C25H27N2Si+. The zero-order valence-electron chi connectivity index (χ0n) is 17.3. The predicted octanol–water partition coefficient (Wildman–Crippen LogP) is 4.17. The van der Waals surface area contributed by atoms with Crippen molar-refractivity contribution in [3.05, 3.63) is 84.3 Å². The second kappa shape index (κ2) is 6.99. The molecule has 0 N–H and O–H groups in total. The molecular weight excluding hydrogens is 356 g/mol. The van der Waals surface area contributed by atoms with Gasteiger partial charge < -0.3 is 0 Å². The Morgan fingerprint density at radius 1 is 0.857 bits per heavy atom. The van der Waals surface area contributed by atoms with Gasteiger partial charge in [-0.15, -0.1) is 0 Å². The zero-order chi connectivity index (χ0) is 19.9. The first-order valence-corrected chi connectivity index (χ1v) is 12.8. The molecule has 2 aromatic carbocycles. The van der Waals surface area contributed by atoms with Crippen LogP contribution in [0.4, 0.5) is 0 Å². The second-order valence-corrected chi connectivity index (χ2v) is 12.6. The Morgan fingerprint density at radius 3 is 2.32 bits per heavy atom. The lowest BCUT2D eigenvalue weighted by Gasteiger charge is -2.24. The molecule has 3 heteroatoms. The number of hydrogen-bond donors (Lipinski definition) is 0. The average Bonchev–Trinajstić information content (AvgIpc) is 2.70. The van der Waals surface area contributed by atoms with Crippen LogP contribution in [0.1, 0.15) is 11.3 Å². The lowest BCUT2D eigenvalue weighted by atomic mass is 10.0. The number of rotatable bonds is 3. The van der Waals surface area contributed by atoms with E-state index in [0.717, 1.165) is 0 Å². The highest BCUT2D eigenvalue weighted by Gasteiger charge is 2.27. The Hall–Kier alpha value is -2.78. The molecule has 2 nitrogen and oxygen atoms in total. The van der Waals surface area contributed by atoms with E-state index in [-0.39, 0.29) is 0 Å². The Kier molecular flexibility index (Phi) is 4.64. The van der Waals surface area contributed by atoms with Gasteiger partial charge in [0.25, 0.3) is 0 Å². The van der Waals surface area contributed by atoms with E-state index in [4.69, 9.17) is 0 Å². The van der Waals surface area contributed by atoms with Gasteiger partial charge in [0, 0.05) is 25.4 Å². The Morgan fingerprint density at radius 2 is 1.61 bits per heavy atom. The molecule has 2 aromatic heterocycles. The van der Waals surface area contributed by atoms with E-state index in [0.29, 0.717) is 0 Å². The number of fused-ring (bicyclic) bond motifs is 1. The van der Waals surface area contributed by atoms with E-state index >= 15 is 0 Å². The van der Waals surface area contributed by atoms with E-state index < -0.39 is 8.07 Å². The van der Waals surface area contributed by atoms with Gasteiger partial charge in [-0.3, -0.25) is 4.98 Å². The minimum atomic E-state index is -1.73. The summed E-state index contributed by atoms with van der Waals surface area (Å²) in [4.78, 5) is 4.39. The third kappa shape index (κ3) is 3.06. The lowest BCUT2D eigenvalue weighted by molar-refractivity contribution is -0.665. The summed E-state index contributed by atoms with van der Waals surface area (Å²) >= 11 is 0. The van der Waals surface area contributed by atoms with E-state index in [2.05, 4.69) is 104 Å². The molecule has 4 rings (SSSR count). The fraction of sp³-hybridized carbons (Fsp3) is 0.200. The predicted molar refractivity (Wildman–Crippen MR) is 121 cm³/mol. The van der Waals surface area contributed by atoms with Crippen LogP contribution in [-0.4, -0.2) is 13.1 Å². The molecule has 0 unspecified atom stereocenters. The molecule has 0 radical (unpaired) electrons. The van der Waals surface area contributed by atoms with Crippen LogP contribution in [0.25, 0.3) is 22.0 Å². The summed E-state index contributed by atoms with van der Waals surface area (Å²) in [7, 11) is 0.415. The van der Waals surface area contributed by atoms with Gasteiger partial charge in [-0.1, -0.05) is 65.9 Å². The average molecular weight is 384 g/mol. The summed E-state index contributed by atoms with van der Waals surface area (Å²) in [6.07, 6.45) is 3.85. The van der Waals surface area contributed by atoms with Crippen molar-refractivity contribution in [2.75, 3.05) is 0 Å². The first-order chi connectivity index (χ1) is 13.4. The molecule has 140 valence electrons. The molecule has 0 saturated carbocycles. The van der Waals surface area contributed by atoms with Crippen molar-refractivity contribution in [2.24, 2.45) is 7.05 Å². The quantitative estimate of drug-likeness (QED) is 0.383. The number of aryl methyl sites for hydroxylation is 2. The molecule has 0 aliphatic heterocycles. The fourth-order valence-corrected chi connectivity index (χ4v) is 6.40. The summed E-state index contributed by atoms with van der Waals surface area (Å²) in [6, 6.07) is 22.4. The van der Waals surface area contributed by atoms with Crippen molar-refractivity contribution in [3.63, 3.8) is 0 Å². The summed E-state index contributed by atoms with van der Waals surface area (Å²) in [5.74, 6) is 0. The molecule has 0 aliphatic rings. The van der Waals surface area contributed by atoms with Gasteiger partial charge in [0.2, 0.25) is 5.69 Å². The maximum atomic E-state index is 4.39. The highest BCUT2D eigenvalue weighted by Crippen LogP contribution is 2.28. The monoisotopic (exact) mass is 383 g/mol. The molecule has 0 spiro atoms. The SMILES string of the molecule is Cc1ccncc1-c1c2ccc([Si](C)(C)c3ccccc3)cc2cc(C)[n+]1C. The molecule has 28 heavy (non-hydrogen) atoms. The smallest absolute Gasteiger partial charge is 0.222 e. The Labute approximate surface area is 168 Å². The number of pyridine rings is 2. The minimum Gasteiger partial charge on any atom is -0.264 e. The minimum absolute atomic E-state index is 1.20. The van der Waals surface area contributed by atoms with Gasteiger partial charge in [-0.05, 0) is 30.0 Å². The normalized spacial score (nSPS) is 11.8. The second-order valence-electron chi connectivity index (χ2n) is 8.18. The van der Waals surface area contributed by atoms with Crippen LogP contribution in [-0.2, 0) is 7.05 Å². The number of hydrogen-bond acceptors (Lipinski definition) is 1. The number of benzene rings is 2. The largest absolute Gasteiger partial charge is 0.264 e. The van der Waals surface area contributed by atoms with Crippen molar-refractivity contribution < 1.29 is 4.57 Å². The molecule has 2 heterocycles. The van der Waals surface area contributed by atoms with Crippen LogP contribution >= 0.6 is 0 Å². The van der Waals surface area contributed by atoms with Gasteiger partial charge in [0.1, 0.15) is 15.1 Å². The Balaban J connectivity index is 1.95. The molecule has 0 atom stereocenters. The first-order valence-electron chi connectivity index (χ1n) is 9.80. The van der Waals surface area contributed by atoms with Crippen LogP contribution in [0, 0.1) is 13.8 Å². The number of aromatic nitrogens is 2. The fourth-order valence-electron chi connectivity index (χ4n) is 4.02. The highest BCUT2D eigenvalue weighted by atomic mass is 28.3. The highest BCUT2D eigenvalue weighted by molar-refractivity contribution is 7.00. The topological polar surface area (TPSA) is 16.8 Å². The van der Waals surface area contributed by atoms with Crippen LogP contribution in [0.3, 0.4) is 0 Å². The van der Waals surface area contributed by atoms with E-state index in [1.54, 1.807) is 0 Å². The molecule has 0 amide bonds. The van der Waals surface area contributed by atoms with Gasteiger partial charge in [-0.2, -0.15) is 4.57 Å².